The average molecular weight is 174 g/mol. The Morgan fingerprint density at radius 1 is 1.60 bits per heavy atom. The topological polar surface area (TPSA) is 0 Å². The van der Waals surface area contributed by atoms with E-state index in [0.29, 0.717) is 0 Å². The molecular formula is CH3B3I. The van der Waals surface area contributed by atoms with Gasteiger partial charge in [-0.1, -0.05) is 0 Å². The van der Waals surface area contributed by atoms with Gasteiger partial charge in [-0.05, 0) is 0 Å². The molecule has 0 N–H and O–H groups in total. The van der Waals surface area contributed by atoms with Gasteiger partial charge in [0.05, 0.1) is 0 Å². The summed E-state index contributed by atoms with van der Waals surface area (Å²) in [4.78, 5) is 0. The van der Waals surface area contributed by atoms with Crippen LogP contribution in [0.1, 0.15) is 0 Å². The Kier molecular flexibility index (Phi) is 5.84. The van der Waals surface area contributed by atoms with E-state index in [2.05, 4.69) is 22.4 Å². The molecule has 0 aliphatic carbocycles. The minimum absolute atomic E-state index is 1.97. The second-order valence-electron chi connectivity index (χ2n) is 0.652. The maximum atomic E-state index is 2.18. The van der Waals surface area contributed by atoms with Crippen LogP contribution in [-0.4, -0.2) is 18.5 Å². The molecule has 4 heteroatoms. The number of hydrogen-bond acceptors (Lipinski definition) is 0. The summed E-state index contributed by atoms with van der Waals surface area (Å²) in [7, 11) is 0. The first-order chi connectivity index (χ1) is 2.41. The standard InChI is InChI=1S/CH3B3I/c1-2-3-4-5/h1H3. The van der Waals surface area contributed by atoms with Gasteiger partial charge in [-0.15, -0.1) is 0 Å². The molecule has 0 saturated heterocycles. The molecule has 0 aromatic carbocycles. The molecule has 0 saturated carbocycles. The summed E-state index contributed by atoms with van der Waals surface area (Å²) in [6.45, 7) is 5.97. The summed E-state index contributed by atoms with van der Waals surface area (Å²) in [5, 5.41) is 1.97. The normalized spacial score (nSPS) is 6.00. The van der Waals surface area contributed by atoms with E-state index in [0.717, 1.165) is 0 Å². The van der Waals surface area contributed by atoms with E-state index in [1.807, 2.05) is 25.3 Å². The van der Waals surface area contributed by atoms with E-state index >= 15 is 0 Å². The van der Waals surface area contributed by atoms with Gasteiger partial charge in [0.2, 0.25) is 0 Å². The first-order valence-electron chi connectivity index (χ1n) is 1.46. The van der Waals surface area contributed by atoms with Gasteiger partial charge in [0.15, 0.2) is 0 Å². The third kappa shape index (κ3) is 4.92. The number of rotatable bonds is 1. The third-order valence-corrected chi connectivity index (χ3v) is 0.680. The first-order valence-corrected chi connectivity index (χ1v) is 2.71. The summed E-state index contributed by atoms with van der Waals surface area (Å²) < 4.78 is 0. The second-order valence-corrected chi connectivity index (χ2v) is 1.37. The molecule has 0 amide bonds. The molecule has 0 atom stereocenters. The molecule has 0 spiro atoms. The van der Waals surface area contributed by atoms with Crippen LogP contribution in [0, 0.1) is 0 Å². The molecule has 0 rings (SSSR count). The molecule has 0 aliphatic heterocycles. The molecule has 0 bridgehead atoms. The SMILES string of the molecule is CB=B[B]I. The second kappa shape index (κ2) is 4.92. The molecule has 0 nitrogen and oxygen atoms in total. The van der Waals surface area contributed by atoms with Crippen LogP contribution in [0.15, 0.2) is 0 Å². The van der Waals surface area contributed by atoms with Crippen molar-refractivity contribution in [3.05, 3.63) is 0 Å². The summed E-state index contributed by atoms with van der Waals surface area (Å²) in [6, 6.07) is 0. The summed E-state index contributed by atoms with van der Waals surface area (Å²) in [5.74, 6) is 0. The molecule has 0 fully saturated rings. The van der Waals surface area contributed by atoms with Crippen molar-refractivity contribution in [2.75, 3.05) is 0 Å². The van der Waals surface area contributed by atoms with Crippen molar-refractivity contribution < 1.29 is 0 Å². The van der Waals surface area contributed by atoms with Gasteiger partial charge < -0.3 is 0 Å². The molecule has 23 valence electrons. The first kappa shape index (κ1) is 5.92. The molecule has 0 unspecified atom stereocenters. The van der Waals surface area contributed by atoms with Crippen molar-refractivity contribution in [3.63, 3.8) is 0 Å². The van der Waals surface area contributed by atoms with Gasteiger partial charge in [0, 0.05) is 0 Å². The van der Waals surface area contributed by atoms with E-state index in [1.54, 1.807) is 0 Å². The molecule has 0 aliphatic rings. The van der Waals surface area contributed by atoms with Gasteiger partial charge in [-0.25, -0.2) is 0 Å². The molecule has 0 aromatic heterocycles. The molecule has 0 heterocycles. The molecule has 1 radical (unpaired) electrons. The summed E-state index contributed by atoms with van der Waals surface area (Å²) in [6.07, 6.45) is 0. The van der Waals surface area contributed by atoms with E-state index in [1.165, 1.54) is 0 Å². The zero-order valence-electron chi connectivity index (χ0n) is 3.11. The van der Waals surface area contributed by atoms with E-state index in [-0.39, 0.29) is 0 Å². The van der Waals surface area contributed by atoms with Gasteiger partial charge >= 0.3 is 47.7 Å². The summed E-state index contributed by atoms with van der Waals surface area (Å²) >= 11 is 2.18. The fraction of sp³-hybridized carbons (Fsp3) is 1.00. The predicted molar refractivity (Wildman–Crippen MR) is 37.1 cm³/mol. The van der Waals surface area contributed by atoms with Crippen LogP contribution in [-0.2, 0) is 0 Å². The summed E-state index contributed by atoms with van der Waals surface area (Å²) in [5.41, 5.74) is 0. The van der Waals surface area contributed by atoms with E-state index in [9.17, 15) is 0 Å². The van der Waals surface area contributed by atoms with E-state index < -0.39 is 0 Å². The predicted octanol–water partition coefficient (Wildman–Crippen LogP) is 0.327. The van der Waals surface area contributed by atoms with Gasteiger partial charge in [0.1, 0.15) is 0 Å². The van der Waals surface area contributed by atoms with Crippen LogP contribution in [0.25, 0.3) is 0 Å². The zero-order chi connectivity index (χ0) is 4.12. The van der Waals surface area contributed by atoms with Crippen LogP contribution in [0.5, 0.6) is 0 Å². The van der Waals surface area contributed by atoms with E-state index in [4.69, 9.17) is 0 Å². The van der Waals surface area contributed by atoms with Crippen molar-refractivity contribution in [2.24, 2.45) is 0 Å². The Morgan fingerprint density at radius 3 is 2.20 bits per heavy atom. The zero-order valence-corrected chi connectivity index (χ0v) is 5.27. The number of halogens is 1. The Bertz CT molecular complexity index is 33.9. The van der Waals surface area contributed by atoms with Crippen molar-refractivity contribution in [3.8, 4) is 0 Å². The minimum atomic E-state index is 1.97. The Balaban J connectivity index is 2.62. The Hall–Kier alpha value is 0.925. The van der Waals surface area contributed by atoms with Crippen molar-refractivity contribution in [1.82, 2.24) is 0 Å². The third-order valence-electron chi connectivity index (χ3n) is 0.265. The molecular weight excluding hydrogens is 171 g/mol. The van der Waals surface area contributed by atoms with Crippen LogP contribution < -0.4 is 0 Å². The van der Waals surface area contributed by atoms with Gasteiger partial charge in [0.25, 0.3) is 0 Å². The van der Waals surface area contributed by atoms with Gasteiger partial charge in [-0.2, -0.15) is 0 Å². The average Bonchev–Trinajstić information content (AvgIpc) is 1.41. The monoisotopic (exact) mass is 175 g/mol. The quantitative estimate of drug-likeness (QED) is 0.397. The van der Waals surface area contributed by atoms with Crippen LogP contribution in [0.3, 0.4) is 0 Å². The van der Waals surface area contributed by atoms with Crippen molar-refractivity contribution >= 4 is 40.9 Å². The number of hydrogen-bond donors (Lipinski definition) is 0. The molecule has 0 aromatic rings. The van der Waals surface area contributed by atoms with Crippen molar-refractivity contribution in [2.45, 2.75) is 6.82 Å². The van der Waals surface area contributed by atoms with Crippen LogP contribution >= 0.6 is 22.4 Å². The molecule has 5 heavy (non-hydrogen) atoms. The van der Waals surface area contributed by atoms with Crippen LogP contribution in [0.4, 0.5) is 0 Å². The maximum absolute atomic E-state index is 2.18. The van der Waals surface area contributed by atoms with Crippen molar-refractivity contribution in [1.29, 1.82) is 0 Å². The Morgan fingerprint density at radius 2 is 2.20 bits per heavy atom. The van der Waals surface area contributed by atoms with Gasteiger partial charge in [-0.3, -0.25) is 0 Å². The Labute approximate surface area is 47.9 Å². The fourth-order valence-corrected chi connectivity index (χ4v) is 0.488. The fourth-order valence-electron chi connectivity index (χ4n) is 0.0727. The van der Waals surface area contributed by atoms with Crippen LogP contribution in [0.2, 0.25) is 6.82 Å².